The normalized spacial score (nSPS) is 17.9. The first-order chi connectivity index (χ1) is 12.7. The molecule has 0 radical (unpaired) electrons. The lowest BCUT2D eigenvalue weighted by Gasteiger charge is -2.33. The molecule has 8 heteroatoms. The lowest BCUT2D eigenvalue weighted by Crippen LogP contribution is -2.54. The topological polar surface area (TPSA) is 108 Å². The number of alkyl carbamates (subject to hydrolysis) is 1. The molecule has 2 atom stereocenters. The molecule has 0 unspecified atom stereocenters. The van der Waals surface area contributed by atoms with Crippen molar-refractivity contribution in [2.45, 2.75) is 45.9 Å². The third-order valence-electron chi connectivity index (χ3n) is 4.42. The predicted molar refractivity (Wildman–Crippen MR) is 99.2 cm³/mol. The Morgan fingerprint density at radius 3 is 2.52 bits per heavy atom. The summed E-state index contributed by atoms with van der Waals surface area (Å²) in [5, 5.41) is 13.9. The Bertz CT molecular complexity index is 672. The quantitative estimate of drug-likeness (QED) is 0.729. The molecule has 0 aliphatic carbocycles. The molecule has 0 spiro atoms. The summed E-state index contributed by atoms with van der Waals surface area (Å²) >= 11 is 0. The van der Waals surface area contributed by atoms with E-state index in [-0.39, 0.29) is 18.6 Å². The molecule has 8 nitrogen and oxygen atoms in total. The molecular formula is C19H27N3O5. The fraction of sp³-hybridized carbons (Fsp3) is 0.526. The van der Waals surface area contributed by atoms with Crippen LogP contribution in [0.4, 0.5) is 9.59 Å². The van der Waals surface area contributed by atoms with Gasteiger partial charge in [-0.15, -0.1) is 0 Å². The van der Waals surface area contributed by atoms with E-state index in [0.29, 0.717) is 19.5 Å². The summed E-state index contributed by atoms with van der Waals surface area (Å²) in [6.45, 7) is 6.42. The van der Waals surface area contributed by atoms with Crippen LogP contribution in [0.15, 0.2) is 30.3 Å². The van der Waals surface area contributed by atoms with Crippen LogP contribution in [-0.2, 0) is 16.1 Å². The number of rotatable bonds is 5. The number of nitrogens with one attached hydrogen (secondary N) is 2. The largest absolute Gasteiger partial charge is 0.465 e. The molecule has 0 bridgehead atoms. The summed E-state index contributed by atoms with van der Waals surface area (Å²) in [5.41, 5.74) is 0.328. The number of hydrogen-bond acceptors (Lipinski definition) is 4. The molecule has 1 saturated heterocycles. The van der Waals surface area contributed by atoms with Crippen molar-refractivity contribution in [3.8, 4) is 0 Å². The van der Waals surface area contributed by atoms with Gasteiger partial charge in [-0.2, -0.15) is 0 Å². The summed E-state index contributed by atoms with van der Waals surface area (Å²) in [4.78, 5) is 37.5. The maximum Gasteiger partial charge on any atom is 0.408 e. The number of ether oxygens (including phenoxy) is 1. The molecule has 1 heterocycles. The van der Waals surface area contributed by atoms with Gasteiger partial charge in [0, 0.05) is 13.1 Å². The fourth-order valence-electron chi connectivity index (χ4n) is 2.97. The number of carbonyl (C=O) groups is 3. The summed E-state index contributed by atoms with van der Waals surface area (Å²) in [6, 6.07) is 8.21. The molecule has 148 valence electrons. The van der Waals surface area contributed by atoms with Gasteiger partial charge >= 0.3 is 12.2 Å². The van der Waals surface area contributed by atoms with Gasteiger partial charge in [-0.05, 0) is 17.4 Å². The Kier molecular flexibility index (Phi) is 6.65. The molecular weight excluding hydrogens is 350 g/mol. The van der Waals surface area contributed by atoms with Gasteiger partial charge in [0.1, 0.15) is 12.6 Å². The first-order valence-corrected chi connectivity index (χ1v) is 8.92. The molecule has 0 aromatic heterocycles. The molecule has 1 aromatic carbocycles. The van der Waals surface area contributed by atoms with Crippen LogP contribution in [0.3, 0.4) is 0 Å². The first kappa shape index (κ1) is 20.5. The highest BCUT2D eigenvalue weighted by molar-refractivity contribution is 5.86. The van der Waals surface area contributed by atoms with Gasteiger partial charge in [0.25, 0.3) is 0 Å². The maximum atomic E-state index is 12.9. The van der Waals surface area contributed by atoms with Crippen molar-refractivity contribution < 1.29 is 24.2 Å². The molecule has 2 rings (SSSR count). The molecule has 3 N–H and O–H groups in total. The highest BCUT2D eigenvalue weighted by Gasteiger charge is 2.38. The monoisotopic (exact) mass is 377 g/mol. The molecule has 1 fully saturated rings. The summed E-state index contributed by atoms with van der Waals surface area (Å²) in [7, 11) is 0. The number of nitrogens with zero attached hydrogens (tertiary/aromatic N) is 1. The van der Waals surface area contributed by atoms with E-state index in [1.54, 1.807) is 4.90 Å². The SMILES string of the molecule is CC(C)(C)[C@H](NC(=O)OCc1ccccc1)C(=O)N1CC[C@@H](NC(=O)O)C1. The van der Waals surface area contributed by atoms with Crippen LogP contribution >= 0.6 is 0 Å². The van der Waals surface area contributed by atoms with Crippen LogP contribution in [0.5, 0.6) is 0 Å². The Balaban J connectivity index is 1.95. The van der Waals surface area contributed by atoms with Crippen LogP contribution in [-0.4, -0.2) is 53.3 Å². The molecule has 1 aromatic rings. The molecule has 3 amide bonds. The first-order valence-electron chi connectivity index (χ1n) is 8.92. The molecule has 1 aliphatic heterocycles. The lowest BCUT2D eigenvalue weighted by atomic mass is 9.86. The van der Waals surface area contributed by atoms with E-state index in [2.05, 4.69) is 10.6 Å². The second kappa shape index (κ2) is 8.75. The van der Waals surface area contributed by atoms with Crippen molar-refractivity contribution >= 4 is 18.1 Å². The molecule has 1 aliphatic rings. The Morgan fingerprint density at radius 2 is 1.93 bits per heavy atom. The minimum absolute atomic E-state index is 0.117. The van der Waals surface area contributed by atoms with E-state index in [0.717, 1.165) is 5.56 Å². The van der Waals surface area contributed by atoms with Crippen molar-refractivity contribution in [1.82, 2.24) is 15.5 Å². The van der Waals surface area contributed by atoms with Crippen molar-refractivity contribution in [3.63, 3.8) is 0 Å². The van der Waals surface area contributed by atoms with Crippen molar-refractivity contribution in [2.24, 2.45) is 5.41 Å². The second-order valence-corrected chi connectivity index (χ2v) is 7.72. The van der Waals surface area contributed by atoms with E-state index in [1.807, 2.05) is 51.1 Å². The van der Waals surface area contributed by atoms with Crippen LogP contribution in [0, 0.1) is 5.41 Å². The van der Waals surface area contributed by atoms with Crippen molar-refractivity contribution in [3.05, 3.63) is 35.9 Å². The smallest absolute Gasteiger partial charge is 0.408 e. The average molecular weight is 377 g/mol. The number of likely N-dealkylation sites (tertiary alicyclic amines) is 1. The number of carbonyl (C=O) groups excluding carboxylic acids is 2. The zero-order valence-electron chi connectivity index (χ0n) is 15.9. The van der Waals surface area contributed by atoms with Gasteiger partial charge in [0.05, 0.1) is 6.04 Å². The lowest BCUT2D eigenvalue weighted by molar-refractivity contribution is -0.135. The van der Waals surface area contributed by atoms with Gasteiger partial charge in [0.2, 0.25) is 5.91 Å². The minimum Gasteiger partial charge on any atom is -0.465 e. The van der Waals surface area contributed by atoms with Gasteiger partial charge in [-0.25, -0.2) is 9.59 Å². The summed E-state index contributed by atoms with van der Waals surface area (Å²) in [6.07, 6.45) is -1.22. The van der Waals surface area contributed by atoms with E-state index >= 15 is 0 Å². The summed E-state index contributed by atoms with van der Waals surface area (Å²) < 4.78 is 5.23. The van der Waals surface area contributed by atoms with Crippen LogP contribution in [0.1, 0.15) is 32.8 Å². The van der Waals surface area contributed by atoms with Gasteiger partial charge < -0.3 is 25.4 Å². The minimum atomic E-state index is -1.11. The van der Waals surface area contributed by atoms with E-state index in [4.69, 9.17) is 9.84 Å². The van der Waals surface area contributed by atoms with Crippen molar-refractivity contribution in [2.75, 3.05) is 13.1 Å². The number of benzene rings is 1. The standard InChI is InChI=1S/C19H27N3O5/c1-19(2,3)15(16(23)22-10-9-14(11-22)20-17(24)25)21-18(26)27-12-13-7-5-4-6-8-13/h4-8,14-15,20H,9-12H2,1-3H3,(H,21,26)(H,24,25)/t14-,15-/m1/s1. The number of carboxylic acid groups (broad SMARTS) is 1. The van der Waals surface area contributed by atoms with E-state index in [9.17, 15) is 14.4 Å². The average Bonchev–Trinajstić information content (AvgIpc) is 3.05. The third kappa shape index (κ3) is 6.16. The number of amides is 3. The third-order valence-corrected chi connectivity index (χ3v) is 4.42. The Labute approximate surface area is 158 Å². The van der Waals surface area contributed by atoms with Crippen molar-refractivity contribution in [1.29, 1.82) is 0 Å². The van der Waals surface area contributed by atoms with E-state index < -0.39 is 23.6 Å². The number of hydrogen-bond donors (Lipinski definition) is 3. The second-order valence-electron chi connectivity index (χ2n) is 7.72. The van der Waals surface area contributed by atoms with Gasteiger partial charge in [0.15, 0.2) is 0 Å². The maximum absolute atomic E-state index is 12.9. The summed E-state index contributed by atoms with van der Waals surface area (Å²) in [5.74, 6) is -0.242. The molecule has 0 saturated carbocycles. The Hall–Kier alpha value is -2.77. The predicted octanol–water partition coefficient (Wildman–Crippen LogP) is 2.20. The molecule has 27 heavy (non-hydrogen) atoms. The zero-order valence-corrected chi connectivity index (χ0v) is 15.9. The highest BCUT2D eigenvalue weighted by Crippen LogP contribution is 2.23. The van der Waals surface area contributed by atoms with Crippen LogP contribution < -0.4 is 10.6 Å². The van der Waals surface area contributed by atoms with Gasteiger partial charge in [-0.1, -0.05) is 51.1 Å². The van der Waals surface area contributed by atoms with E-state index in [1.165, 1.54) is 0 Å². The van der Waals surface area contributed by atoms with Gasteiger partial charge in [-0.3, -0.25) is 4.79 Å². The highest BCUT2D eigenvalue weighted by atomic mass is 16.5. The zero-order chi connectivity index (χ0) is 20.0. The Morgan fingerprint density at radius 1 is 1.26 bits per heavy atom. The van der Waals surface area contributed by atoms with Crippen LogP contribution in [0.2, 0.25) is 0 Å². The fourth-order valence-corrected chi connectivity index (χ4v) is 2.97. The van der Waals surface area contributed by atoms with Crippen LogP contribution in [0.25, 0.3) is 0 Å².